The Hall–Kier alpha value is -2.60. The molecule has 1 heterocycles. The Balaban J connectivity index is 1.64. The number of hydrogen-bond donors (Lipinski definition) is 1. The van der Waals surface area contributed by atoms with E-state index in [-0.39, 0.29) is 11.7 Å². The van der Waals surface area contributed by atoms with Gasteiger partial charge in [-0.25, -0.2) is 0 Å². The molecule has 0 radical (unpaired) electrons. The van der Waals surface area contributed by atoms with E-state index < -0.39 is 0 Å². The van der Waals surface area contributed by atoms with Gasteiger partial charge in [0.2, 0.25) is 11.8 Å². The van der Waals surface area contributed by atoms with E-state index in [1.165, 1.54) is 11.8 Å². The summed E-state index contributed by atoms with van der Waals surface area (Å²) in [6.07, 6.45) is 0. The van der Waals surface area contributed by atoms with Crippen molar-refractivity contribution in [1.29, 1.82) is 0 Å². The average molecular weight is 367 g/mol. The number of rotatable bonds is 5. The fraction of sp³-hybridized carbons (Fsp3) is 0.250. The van der Waals surface area contributed by atoms with Crippen molar-refractivity contribution in [1.82, 2.24) is 10.2 Å². The Kier molecular flexibility index (Phi) is 5.42. The molecule has 6 heteroatoms. The van der Waals surface area contributed by atoms with Crippen LogP contribution < -0.4 is 5.32 Å². The second-order valence-corrected chi connectivity index (χ2v) is 7.28. The normalized spacial score (nSPS) is 10.8. The summed E-state index contributed by atoms with van der Waals surface area (Å²) in [5.74, 6) is 0.579. The number of aryl methyl sites for hydroxylation is 4. The molecule has 26 heavy (non-hydrogen) atoms. The van der Waals surface area contributed by atoms with Crippen molar-refractivity contribution < 1.29 is 9.21 Å². The molecule has 0 unspecified atom stereocenters. The van der Waals surface area contributed by atoms with Gasteiger partial charge in [0, 0.05) is 11.3 Å². The maximum atomic E-state index is 12.2. The summed E-state index contributed by atoms with van der Waals surface area (Å²) in [4.78, 5) is 12.2. The molecule has 0 bridgehead atoms. The molecule has 1 aromatic heterocycles. The molecule has 1 amide bonds. The lowest BCUT2D eigenvalue weighted by Crippen LogP contribution is -2.15. The zero-order valence-electron chi connectivity index (χ0n) is 15.3. The van der Waals surface area contributed by atoms with Gasteiger partial charge < -0.3 is 9.73 Å². The number of para-hydroxylation sites is 1. The van der Waals surface area contributed by atoms with Crippen LogP contribution in [0.3, 0.4) is 0 Å². The van der Waals surface area contributed by atoms with E-state index in [0.717, 1.165) is 33.5 Å². The lowest BCUT2D eigenvalue weighted by Gasteiger charge is -2.10. The van der Waals surface area contributed by atoms with E-state index in [9.17, 15) is 4.79 Å². The number of nitrogens with zero attached hydrogens (tertiary/aromatic N) is 2. The fourth-order valence-electron chi connectivity index (χ4n) is 2.80. The van der Waals surface area contributed by atoms with Crippen LogP contribution in [0.15, 0.2) is 46.0 Å². The van der Waals surface area contributed by atoms with Crippen molar-refractivity contribution in [3.05, 3.63) is 58.7 Å². The van der Waals surface area contributed by atoms with Crippen LogP contribution >= 0.6 is 11.8 Å². The highest BCUT2D eigenvalue weighted by atomic mass is 32.2. The van der Waals surface area contributed by atoms with Crippen LogP contribution in [-0.4, -0.2) is 21.9 Å². The summed E-state index contributed by atoms with van der Waals surface area (Å²) in [5, 5.41) is 11.5. The van der Waals surface area contributed by atoms with E-state index in [1.807, 2.05) is 58.0 Å². The van der Waals surface area contributed by atoms with Gasteiger partial charge in [-0.2, -0.15) is 0 Å². The number of benzene rings is 2. The number of thioether (sulfide) groups is 1. The highest BCUT2D eigenvalue weighted by Gasteiger charge is 2.13. The molecule has 0 saturated heterocycles. The molecular formula is C20H21N3O2S. The molecule has 2 aromatic carbocycles. The first-order valence-electron chi connectivity index (χ1n) is 8.33. The van der Waals surface area contributed by atoms with Crippen molar-refractivity contribution in [2.24, 2.45) is 0 Å². The van der Waals surface area contributed by atoms with Crippen LogP contribution in [0.1, 0.15) is 22.3 Å². The van der Waals surface area contributed by atoms with Gasteiger partial charge in [0.15, 0.2) is 0 Å². The molecule has 134 valence electrons. The highest BCUT2D eigenvalue weighted by Crippen LogP contribution is 2.25. The zero-order chi connectivity index (χ0) is 18.7. The van der Waals surface area contributed by atoms with Crippen LogP contribution in [0.25, 0.3) is 11.5 Å². The van der Waals surface area contributed by atoms with Gasteiger partial charge in [-0.15, -0.1) is 10.2 Å². The van der Waals surface area contributed by atoms with Crippen LogP contribution in [0.4, 0.5) is 5.69 Å². The minimum Gasteiger partial charge on any atom is -0.411 e. The summed E-state index contributed by atoms with van der Waals surface area (Å²) >= 11 is 1.23. The molecule has 0 saturated carbocycles. The van der Waals surface area contributed by atoms with Crippen LogP contribution in [0.5, 0.6) is 0 Å². The highest BCUT2D eigenvalue weighted by molar-refractivity contribution is 7.99. The molecule has 5 nitrogen and oxygen atoms in total. The molecular weight excluding hydrogens is 346 g/mol. The predicted octanol–water partition coefficient (Wildman–Crippen LogP) is 4.70. The van der Waals surface area contributed by atoms with Gasteiger partial charge >= 0.3 is 0 Å². The average Bonchev–Trinajstić information content (AvgIpc) is 3.05. The van der Waals surface area contributed by atoms with Crippen molar-refractivity contribution in [2.75, 3.05) is 11.1 Å². The first-order chi connectivity index (χ1) is 12.4. The fourth-order valence-corrected chi connectivity index (χ4v) is 3.36. The van der Waals surface area contributed by atoms with Gasteiger partial charge in [0.05, 0.1) is 5.75 Å². The van der Waals surface area contributed by atoms with Crippen LogP contribution in [-0.2, 0) is 4.79 Å². The van der Waals surface area contributed by atoms with Gasteiger partial charge in [-0.1, -0.05) is 47.2 Å². The Morgan fingerprint density at radius 3 is 2.35 bits per heavy atom. The number of anilines is 1. The molecule has 0 aliphatic carbocycles. The number of nitrogens with one attached hydrogen (secondary N) is 1. The Morgan fingerprint density at radius 1 is 1.04 bits per heavy atom. The van der Waals surface area contributed by atoms with Crippen molar-refractivity contribution in [3.8, 4) is 11.5 Å². The molecule has 0 spiro atoms. The van der Waals surface area contributed by atoms with Gasteiger partial charge in [0.1, 0.15) is 0 Å². The van der Waals surface area contributed by atoms with Crippen LogP contribution in [0, 0.1) is 27.7 Å². The van der Waals surface area contributed by atoms with Crippen LogP contribution in [0.2, 0.25) is 0 Å². The minimum atomic E-state index is -0.0986. The third kappa shape index (κ3) is 4.32. The standard InChI is InChI=1S/C20H21N3O2S/c1-12-8-13(2)10-16(9-12)19-22-23-20(25-19)26-11-17(24)21-18-14(3)6-5-7-15(18)4/h5-10H,11H2,1-4H3,(H,21,24). The monoisotopic (exact) mass is 367 g/mol. The molecule has 3 rings (SSSR count). The number of aromatic nitrogens is 2. The second-order valence-electron chi connectivity index (χ2n) is 6.35. The topological polar surface area (TPSA) is 68.0 Å². The molecule has 0 fully saturated rings. The summed E-state index contributed by atoms with van der Waals surface area (Å²) in [6.45, 7) is 8.01. The minimum absolute atomic E-state index is 0.0986. The summed E-state index contributed by atoms with van der Waals surface area (Å²) in [7, 11) is 0. The quantitative estimate of drug-likeness (QED) is 0.662. The number of amides is 1. The SMILES string of the molecule is Cc1cc(C)cc(-c2nnc(SCC(=O)Nc3c(C)cccc3C)o2)c1. The second kappa shape index (κ2) is 7.74. The summed E-state index contributed by atoms with van der Waals surface area (Å²) in [6, 6.07) is 12.0. The van der Waals surface area contributed by atoms with Crippen molar-refractivity contribution >= 4 is 23.4 Å². The van der Waals surface area contributed by atoms with E-state index >= 15 is 0 Å². The lowest BCUT2D eigenvalue weighted by molar-refractivity contribution is -0.113. The Morgan fingerprint density at radius 2 is 1.69 bits per heavy atom. The molecule has 0 aliphatic rings. The Bertz CT molecular complexity index is 909. The van der Waals surface area contributed by atoms with Crippen molar-refractivity contribution in [3.63, 3.8) is 0 Å². The Labute approximate surface area is 157 Å². The van der Waals surface area contributed by atoms with Gasteiger partial charge in [-0.3, -0.25) is 4.79 Å². The van der Waals surface area contributed by atoms with E-state index in [1.54, 1.807) is 0 Å². The maximum absolute atomic E-state index is 12.2. The third-order valence-electron chi connectivity index (χ3n) is 3.95. The predicted molar refractivity (Wildman–Crippen MR) is 104 cm³/mol. The molecule has 3 aromatic rings. The largest absolute Gasteiger partial charge is 0.411 e. The number of carbonyl (C=O) groups excluding carboxylic acids is 1. The van der Waals surface area contributed by atoms with E-state index in [4.69, 9.17) is 4.42 Å². The summed E-state index contributed by atoms with van der Waals surface area (Å²) < 4.78 is 5.69. The van der Waals surface area contributed by atoms with E-state index in [2.05, 4.69) is 21.6 Å². The summed E-state index contributed by atoms with van der Waals surface area (Å²) in [5.41, 5.74) is 6.11. The number of hydrogen-bond acceptors (Lipinski definition) is 5. The zero-order valence-corrected chi connectivity index (χ0v) is 16.1. The first-order valence-corrected chi connectivity index (χ1v) is 9.32. The smallest absolute Gasteiger partial charge is 0.277 e. The van der Waals surface area contributed by atoms with Crippen molar-refractivity contribution in [2.45, 2.75) is 32.9 Å². The third-order valence-corrected chi connectivity index (χ3v) is 4.77. The number of carbonyl (C=O) groups is 1. The van der Waals surface area contributed by atoms with Gasteiger partial charge in [0.25, 0.3) is 5.22 Å². The maximum Gasteiger partial charge on any atom is 0.277 e. The van der Waals surface area contributed by atoms with E-state index in [0.29, 0.717) is 11.1 Å². The molecule has 1 N–H and O–H groups in total. The molecule has 0 atom stereocenters. The van der Waals surface area contributed by atoms with Gasteiger partial charge in [-0.05, 0) is 51.0 Å². The first kappa shape index (κ1) is 18.2. The molecule has 0 aliphatic heterocycles. The lowest BCUT2D eigenvalue weighted by atomic mass is 10.1.